The van der Waals surface area contributed by atoms with Crippen molar-refractivity contribution < 1.29 is 10.6 Å². The molecular weight excluding hydrogens is 92.1 g/mol. The lowest BCUT2D eigenvalue weighted by atomic mass is 9.99. The molecule has 0 radical (unpaired) electrons. The normalized spacial score (nSPS) is 10.3. The summed E-state index contributed by atoms with van der Waals surface area (Å²) in [6.07, 6.45) is 0. The first-order valence-electron chi connectivity index (χ1n) is 2.17. The summed E-state index contributed by atoms with van der Waals surface area (Å²) in [4.78, 5) is 0. The summed E-state index contributed by atoms with van der Waals surface area (Å²) in [7, 11) is 0. The fraction of sp³-hybridized carbons (Fsp3) is 1.00. The number of hydrogen-bond acceptors (Lipinski definition) is 1. The molecule has 0 aromatic rings. The predicted molar refractivity (Wildman–Crippen MR) is 30.2 cm³/mol. The minimum Gasteiger partial charge on any atom is -0.412 e. The fourth-order valence-electron chi connectivity index (χ4n) is 0. The largest absolute Gasteiger partial charge is 0.412 e. The molecule has 0 atom stereocenters. The zero-order chi connectivity index (χ0) is 5.21. The molecule has 3 N–H and O–H groups in total. The van der Waals surface area contributed by atoms with E-state index in [9.17, 15) is 0 Å². The van der Waals surface area contributed by atoms with Crippen LogP contribution < -0.4 is 0 Å². The van der Waals surface area contributed by atoms with Crippen LogP contribution in [0.15, 0.2) is 0 Å². The quantitative estimate of drug-likeness (QED) is 0.471. The van der Waals surface area contributed by atoms with Gasteiger partial charge in [-0.15, -0.1) is 0 Å². The van der Waals surface area contributed by atoms with Crippen molar-refractivity contribution in [1.82, 2.24) is 0 Å². The minimum absolute atomic E-state index is 0. The highest BCUT2D eigenvalue weighted by atomic mass is 16.3. The van der Waals surface area contributed by atoms with Crippen molar-refractivity contribution in [2.45, 2.75) is 20.8 Å². The summed E-state index contributed by atoms with van der Waals surface area (Å²) in [6.45, 7) is 6.25. The van der Waals surface area contributed by atoms with Crippen LogP contribution in [-0.4, -0.2) is 17.2 Å². The van der Waals surface area contributed by atoms with Gasteiger partial charge >= 0.3 is 0 Å². The smallest absolute Gasteiger partial charge is 0.0479 e. The average Bonchev–Trinajstić information content (AvgIpc) is 1.35. The molecule has 2 heteroatoms. The van der Waals surface area contributed by atoms with E-state index in [1.54, 1.807) is 0 Å². The van der Waals surface area contributed by atoms with Crippen molar-refractivity contribution in [1.29, 1.82) is 0 Å². The van der Waals surface area contributed by atoms with Gasteiger partial charge in [-0.2, -0.15) is 0 Å². The van der Waals surface area contributed by atoms with Gasteiger partial charge in [-0.3, -0.25) is 0 Å². The van der Waals surface area contributed by atoms with Crippen molar-refractivity contribution in [3.8, 4) is 0 Å². The zero-order valence-electron chi connectivity index (χ0n) is 5.15. The summed E-state index contributed by atoms with van der Waals surface area (Å²) < 4.78 is 0. The molecule has 0 bridgehead atoms. The van der Waals surface area contributed by atoms with Gasteiger partial charge in [0.25, 0.3) is 0 Å². The first-order chi connectivity index (χ1) is 2.56. The second kappa shape index (κ2) is 2.99. The Morgan fingerprint density at radius 2 is 1.43 bits per heavy atom. The van der Waals surface area contributed by atoms with Gasteiger partial charge in [0.05, 0.1) is 0 Å². The molecule has 0 spiro atoms. The highest BCUT2D eigenvalue weighted by molar-refractivity contribution is 4.55. The molecule has 0 saturated carbocycles. The molecule has 0 aliphatic heterocycles. The maximum Gasteiger partial charge on any atom is 0.0479 e. The van der Waals surface area contributed by atoms with Crippen LogP contribution in [0.25, 0.3) is 0 Å². The van der Waals surface area contributed by atoms with E-state index in [1.807, 2.05) is 20.8 Å². The van der Waals surface area contributed by atoms with E-state index in [0.29, 0.717) is 0 Å². The Balaban J connectivity index is 0. The van der Waals surface area contributed by atoms with Crippen molar-refractivity contribution in [3.63, 3.8) is 0 Å². The molecule has 0 heterocycles. The Hall–Kier alpha value is -0.0800. The molecule has 0 rings (SSSR count). The van der Waals surface area contributed by atoms with Gasteiger partial charge in [-0.25, -0.2) is 0 Å². The Morgan fingerprint density at radius 3 is 1.43 bits per heavy atom. The van der Waals surface area contributed by atoms with Gasteiger partial charge in [-0.05, 0) is 5.41 Å². The lowest BCUT2D eigenvalue weighted by molar-refractivity contribution is 0.177. The molecule has 0 aromatic carbocycles. The van der Waals surface area contributed by atoms with Gasteiger partial charge in [0, 0.05) is 6.61 Å². The Bertz CT molecular complexity index is 35.8. The van der Waals surface area contributed by atoms with Crippen molar-refractivity contribution in [2.75, 3.05) is 6.61 Å². The third-order valence-corrected chi connectivity index (χ3v) is 0.474. The van der Waals surface area contributed by atoms with Crippen LogP contribution in [0.2, 0.25) is 0 Å². The molecule has 0 fully saturated rings. The van der Waals surface area contributed by atoms with Gasteiger partial charge in [-0.1, -0.05) is 20.8 Å². The molecule has 0 aliphatic rings. The Kier molecular flexibility index (Phi) is 4.28. The number of rotatable bonds is 0. The maximum absolute atomic E-state index is 8.40. The highest BCUT2D eigenvalue weighted by Gasteiger charge is 2.05. The third kappa shape index (κ3) is 10.7. The minimum atomic E-state index is 0. The Labute approximate surface area is 44.5 Å². The zero-order valence-corrected chi connectivity index (χ0v) is 5.15. The van der Waals surface area contributed by atoms with Crippen LogP contribution in [0, 0.1) is 5.41 Å². The molecule has 0 unspecified atom stereocenters. The summed E-state index contributed by atoms with van der Waals surface area (Å²) in [6, 6.07) is 0. The molecule has 0 aliphatic carbocycles. The molecule has 46 valence electrons. The maximum atomic E-state index is 8.40. The second-order valence-electron chi connectivity index (χ2n) is 2.72. The van der Waals surface area contributed by atoms with E-state index in [-0.39, 0.29) is 17.5 Å². The first-order valence-corrected chi connectivity index (χ1v) is 2.17. The number of hydrogen-bond donors (Lipinski definition) is 1. The first kappa shape index (κ1) is 10.0. The Morgan fingerprint density at radius 1 is 1.29 bits per heavy atom. The second-order valence-corrected chi connectivity index (χ2v) is 2.72. The lowest BCUT2D eigenvalue weighted by Crippen LogP contribution is -2.09. The van der Waals surface area contributed by atoms with Crippen LogP contribution in [0.5, 0.6) is 0 Å². The van der Waals surface area contributed by atoms with E-state index in [4.69, 9.17) is 5.11 Å². The monoisotopic (exact) mass is 106 g/mol. The van der Waals surface area contributed by atoms with E-state index in [1.165, 1.54) is 0 Å². The van der Waals surface area contributed by atoms with E-state index in [2.05, 4.69) is 0 Å². The van der Waals surface area contributed by atoms with E-state index < -0.39 is 0 Å². The number of aliphatic hydroxyl groups is 1. The lowest BCUT2D eigenvalue weighted by Gasteiger charge is -2.11. The molecule has 2 nitrogen and oxygen atoms in total. The van der Waals surface area contributed by atoms with Crippen LogP contribution in [-0.2, 0) is 0 Å². The van der Waals surface area contributed by atoms with Crippen LogP contribution in [0.3, 0.4) is 0 Å². The number of aliphatic hydroxyl groups excluding tert-OH is 1. The van der Waals surface area contributed by atoms with Crippen LogP contribution in [0.4, 0.5) is 0 Å². The van der Waals surface area contributed by atoms with E-state index in [0.717, 1.165) is 0 Å². The van der Waals surface area contributed by atoms with Crippen molar-refractivity contribution in [2.24, 2.45) is 5.41 Å². The molecule has 0 saturated heterocycles. The summed E-state index contributed by atoms with van der Waals surface area (Å²) in [5.41, 5.74) is 0.0972. The van der Waals surface area contributed by atoms with Gasteiger partial charge in [0.2, 0.25) is 0 Å². The van der Waals surface area contributed by atoms with Crippen molar-refractivity contribution >= 4 is 0 Å². The summed E-state index contributed by atoms with van der Waals surface area (Å²) >= 11 is 0. The SMILES string of the molecule is CC(C)(C)CO.O. The third-order valence-electron chi connectivity index (χ3n) is 0.474. The molecule has 0 amide bonds. The predicted octanol–water partition coefficient (Wildman–Crippen LogP) is 0.200. The summed E-state index contributed by atoms with van der Waals surface area (Å²) in [5.74, 6) is 0. The van der Waals surface area contributed by atoms with Gasteiger partial charge < -0.3 is 10.6 Å². The van der Waals surface area contributed by atoms with E-state index >= 15 is 0 Å². The van der Waals surface area contributed by atoms with Crippen molar-refractivity contribution in [3.05, 3.63) is 0 Å². The van der Waals surface area contributed by atoms with Crippen LogP contribution in [0.1, 0.15) is 20.8 Å². The van der Waals surface area contributed by atoms with Gasteiger partial charge in [0.15, 0.2) is 0 Å². The van der Waals surface area contributed by atoms with Gasteiger partial charge in [0.1, 0.15) is 0 Å². The average molecular weight is 106 g/mol. The molecule has 0 aromatic heterocycles. The molecular formula is C5H14O2. The fourth-order valence-corrected chi connectivity index (χ4v) is 0. The summed E-state index contributed by atoms with van der Waals surface area (Å²) in [5, 5.41) is 8.40. The molecule has 7 heavy (non-hydrogen) atoms. The highest BCUT2D eigenvalue weighted by Crippen LogP contribution is 2.09. The van der Waals surface area contributed by atoms with Crippen LogP contribution >= 0.6 is 0 Å². The topological polar surface area (TPSA) is 51.7 Å². The standard InChI is InChI=1S/C5H12O.H2O/c1-5(2,3)4-6;/h6H,4H2,1-3H3;1H2.